The molecule has 0 saturated carbocycles. The van der Waals surface area contributed by atoms with E-state index in [0.717, 1.165) is 4.57 Å². The minimum atomic E-state index is -4.64. The molecule has 0 aliphatic heterocycles. The molecule has 106 valence electrons. The summed E-state index contributed by atoms with van der Waals surface area (Å²) in [4.78, 5) is 13.8. The van der Waals surface area contributed by atoms with Crippen molar-refractivity contribution in [3.63, 3.8) is 0 Å². The third-order valence-corrected chi connectivity index (χ3v) is 3.30. The average molecular weight is 321 g/mol. The third-order valence-electron chi connectivity index (χ3n) is 2.61. The van der Waals surface area contributed by atoms with Gasteiger partial charge in [0.2, 0.25) is 0 Å². The van der Waals surface area contributed by atoms with Crippen LogP contribution in [-0.4, -0.2) is 9.55 Å². The number of hydrogen-bond donors (Lipinski definition) is 1. The maximum atomic E-state index is 12.5. The Morgan fingerprint density at radius 1 is 1.30 bits per heavy atom. The molecular formula is C12H8ClF3N2OS. The molecule has 0 saturated heterocycles. The molecular weight excluding hydrogens is 313 g/mol. The van der Waals surface area contributed by atoms with Gasteiger partial charge in [0, 0.05) is 11.1 Å². The molecule has 1 N–H and O–H groups in total. The maximum Gasteiger partial charge on any atom is 0.431 e. The lowest BCUT2D eigenvalue weighted by molar-refractivity contribution is -0.141. The molecule has 0 aliphatic carbocycles. The van der Waals surface area contributed by atoms with Crippen molar-refractivity contribution in [2.45, 2.75) is 12.7 Å². The number of H-pyrrole nitrogens is 1. The van der Waals surface area contributed by atoms with E-state index in [1.165, 1.54) is 0 Å². The second-order valence-corrected chi connectivity index (χ2v) is 4.80. The smallest absolute Gasteiger partial charge is 0.328 e. The van der Waals surface area contributed by atoms with Crippen LogP contribution in [0.4, 0.5) is 13.2 Å². The van der Waals surface area contributed by atoms with Crippen LogP contribution in [0.25, 0.3) is 0 Å². The van der Waals surface area contributed by atoms with Crippen LogP contribution in [0.15, 0.2) is 35.1 Å². The molecule has 0 bridgehead atoms. The largest absolute Gasteiger partial charge is 0.431 e. The number of alkyl halides is 3. The lowest BCUT2D eigenvalue weighted by atomic mass is 10.2. The summed E-state index contributed by atoms with van der Waals surface area (Å²) in [6.45, 7) is 0.00593. The van der Waals surface area contributed by atoms with E-state index in [4.69, 9.17) is 23.8 Å². The van der Waals surface area contributed by atoms with Gasteiger partial charge >= 0.3 is 6.18 Å². The Hall–Kier alpha value is -1.60. The summed E-state index contributed by atoms with van der Waals surface area (Å²) in [5.41, 5.74) is -1.40. The molecule has 3 nitrogen and oxygen atoms in total. The Morgan fingerprint density at radius 2 is 1.95 bits per heavy atom. The Labute approximate surface area is 121 Å². The van der Waals surface area contributed by atoms with Gasteiger partial charge < -0.3 is 4.98 Å². The number of nitrogens with one attached hydrogen (secondary N) is 1. The van der Waals surface area contributed by atoms with Gasteiger partial charge in [-0.25, -0.2) is 0 Å². The van der Waals surface area contributed by atoms with E-state index in [1.54, 1.807) is 24.3 Å². The van der Waals surface area contributed by atoms with Crippen LogP contribution >= 0.6 is 23.8 Å². The van der Waals surface area contributed by atoms with Crippen LogP contribution in [0.3, 0.4) is 0 Å². The van der Waals surface area contributed by atoms with E-state index in [9.17, 15) is 18.0 Å². The van der Waals surface area contributed by atoms with Crippen molar-refractivity contribution in [1.82, 2.24) is 9.55 Å². The van der Waals surface area contributed by atoms with Gasteiger partial charge in [-0.2, -0.15) is 13.2 Å². The van der Waals surface area contributed by atoms with Crippen LogP contribution < -0.4 is 5.56 Å². The predicted octanol–water partition coefficient (Wildman–Crippen LogP) is 3.63. The van der Waals surface area contributed by atoms with Crippen LogP contribution in [-0.2, 0) is 12.7 Å². The van der Waals surface area contributed by atoms with Gasteiger partial charge in [0.15, 0.2) is 4.77 Å². The highest BCUT2D eigenvalue weighted by molar-refractivity contribution is 7.71. The molecule has 0 aliphatic rings. The van der Waals surface area contributed by atoms with E-state index >= 15 is 0 Å². The van der Waals surface area contributed by atoms with Crippen molar-refractivity contribution < 1.29 is 13.2 Å². The van der Waals surface area contributed by atoms with Crippen LogP contribution in [0.5, 0.6) is 0 Å². The summed E-state index contributed by atoms with van der Waals surface area (Å²) in [5.74, 6) is 0. The number of nitrogens with zero attached hydrogens (tertiary/aromatic N) is 1. The monoisotopic (exact) mass is 320 g/mol. The minimum absolute atomic E-state index is 0.00593. The van der Waals surface area contributed by atoms with Crippen LogP contribution in [0.2, 0.25) is 5.02 Å². The van der Waals surface area contributed by atoms with Crippen LogP contribution in [0, 0.1) is 4.77 Å². The normalized spacial score (nSPS) is 11.6. The van der Waals surface area contributed by atoms with Gasteiger partial charge in [-0.15, -0.1) is 0 Å². The number of aromatic nitrogens is 2. The standard InChI is InChI=1S/C12H8ClF3N2OS/c13-8-4-2-1-3-7(8)6-18-10(19)5-9(12(14,15)16)17-11(18)20/h1-5H,6H2,(H,17,20). The molecule has 0 amide bonds. The zero-order valence-corrected chi connectivity index (χ0v) is 11.4. The van der Waals surface area contributed by atoms with Gasteiger partial charge in [-0.05, 0) is 23.8 Å². The molecule has 0 unspecified atom stereocenters. The van der Waals surface area contributed by atoms with Gasteiger partial charge in [0.05, 0.1) is 6.54 Å². The lowest BCUT2D eigenvalue weighted by Gasteiger charge is -2.11. The first-order valence-corrected chi connectivity index (χ1v) is 6.22. The third kappa shape index (κ3) is 3.10. The van der Waals surface area contributed by atoms with Crippen molar-refractivity contribution >= 4 is 23.8 Å². The Balaban J connectivity index is 2.48. The molecule has 1 heterocycles. The van der Waals surface area contributed by atoms with Crippen LogP contribution in [0.1, 0.15) is 11.3 Å². The molecule has 0 spiro atoms. The van der Waals surface area contributed by atoms with Crippen molar-refractivity contribution in [3.8, 4) is 0 Å². The first kappa shape index (κ1) is 14.8. The first-order valence-electron chi connectivity index (χ1n) is 5.44. The molecule has 2 aromatic rings. The second-order valence-electron chi connectivity index (χ2n) is 4.00. The topological polar surface area (TPSA) is 37.8 Å². The van der Waals surface area contributed by atoms with E-state index in [1.807, 2.05) is 4.98 Å². The number of hydrogen-bond acceptors (Lipinski definition) is 2. The summed E-state index contributed by atoms with van der Waals surface area (Å²) in [7, 11) is 0. The molecule has 1 aromatic carbocycles. The van der Waals surface area contributed by atoms with Gasteiger partial charge in [-0.1, -0.05) is 29.8 Å². The fourth-order valence-electron chi connectivity index (χ4n) is 1.62. The van der Waals surface area contributed by atoms with Crippen molar-refractivity contribution in [2.75, 3.05) is 0 Å². The van der Waals surface area contributed by atoms with E-state index in [2.05, 4.69) is 0 Å². The summed E-state index contributed by atoms with van der Waals surface area (Å²) < 4.78 is 38.3. The van der Waals surface area contributed by atoms with E-state index in [-0.39, 0.29) is 11.3 Å². The fourth-order valence-corrected chi connectivity index (χ4v) is 2.08. The fraction of sp³-hybridized carbons (Fsp3) is 0.167. The molecule has 0 fully saturated rings. The summed E-state index contributed by atoms with van der Waals surface area (Å²) >= 11 is 10.7. The SMILES string of the molecule is O=c1cc(C(F)(F)F)[nH]c(=S)n1Cc1ccccc1Cl. The zero-order valence-electron chi connectivity index (χ0n) is 9.87. The molecule has 20 heavy (non-hydrogen) atoms. The molecule has 2 rings (SSSR count). The number of halogens is 4. The molecule has 0 atom stereocenters. The van der Waals surface area contributed by atoms with Gasteiger partial charge in [0.25, 0.3) is 5.56 Å². The molecule has 0 radical (unpaired) electrons. The highest BCUT2D eigenvalue weighted by Gasteiger charge is 2.32. The van der Waals surface area contributed by atoms with Gasteiger partial charge in [0.1, 0.15) is 5.69 Å². The molecule has 1 aromatic heterocycles. The highest BCUT2D eigenvalue weighted by atomic mass is 35.5. The zero-order chi connectivity index (χ0) is 14.9. The summed E-state index contributed by atoms with van der Waals surface area (Å²) in [6, 6.07) is 7.19. The number of aromatic amines is 1. The number of benzene rings is 1. The molecule has 8 heteroatoms. The quantitative estimate of drug-likeness (QED) is 0.858. The summed E-state index contributed by atoms with van der Waals surface area (Å²) in [6.07, 6.45) is -4.64. The number of rotatable bonds is 2. The Kier molecular flexibility index (Phi) is 4.01. The highest BCUT2D eigenvalue weighted by Crippen LogP contribution is 2.26. The Bertz CT molecular complexity index is 720. The Morgan fingerprint density at radius 3 is 2.50 bits per heavy atom. The van der Waals surface area contributed by atoms with Crippen molar-refractivity contribution in [1.29, 1.82) is 0 Å². The van der Waals surface area contributed by atoms with E-state index < -0.39 is 17.4 Å². The van der Waals surface area contributed by atoms with Crippen molar-refractivity contribution in [2.24, 2.45) is 0 Å². The first-order chi connectivity index (χ1) is 9.29. The predicted molar refractivity (Wildman–Crippen MR) is 71.4 cm³/mol. The van der Waals surface area contributed by atoms with Gasteiger partial charge in [-0.3, -0.25) is 9.36 Å². The van der Waals surface area contributed by atoms with E-state index in [0.29, 0.717) is 16.7 Å². The van der Waals surface area contributed by atoms with Crippen molar-refractivity contribution in [3.05, 3.63) is 61.7 Å². The second kappa shape index (κ2) is 5.41. The summed E-state index contributed by atoms with van der Waals surface area (Å²) in [5, 5.41) is 0.411. The lowest BCUT2D eigenvalue weighted by Crippen LogP contribution is -2.25. The maximum absolute atomic E-state index is 12.5. The average Bonchev–Trinajstić information content (AvgIpc) is 2.34. The minimum Gasteiger partial charge on any atom is -0.328 e.